The Labute approximate surface area is 113 Å². The van der Waals surface area contributed by atoms with Crippen LogP contribution in [0.3, 0.4) is 0 Å². The number of rotatable bonds is 2. The predicted molar refractivity (Wildman–Crippen MR) is 70.3 cm³/mol. The Kier molecular flexibility index (Phi) is 3.39. The second kappa shape index (κ2) is 5.18. The number of nitrogens with one attached hydrogen (secondary N) is 1. The molecule has 100 valence electrons. The van der Waals surface area contributed by atoms with Gasteiger partial charge in [0.2, 0.25) is 5.13 Å². The maximum atomic E-state index is 13.2. The standard InChI is InChI=1S/C12H12F2N4S/c13-9-2-1-8(7-10(9)14)11-16-12(19-17-11)18-5-3-15-4-6-18/h1-2,7,15H,3-6H2. The molecule has 1 aliphatic rings. The van der Waals surface area contributed by atoms with Gasteiger partial charge in [-0.3, -0.25) is 0 Å². The van der Waals surface area contributed by atoms with Gasteiger partial charge in [-0.05, 0) is 18.2 Å². The third-order valence-corrected chi connectivity index (χ3v) is 3.76. The first-order chi connectivity index (χ1) is 9.24. The van der Waals surface area contributed by atoms with Crippen molar-refractivity contribution in [2.24, 2.45) is 0 Å². The van der Waals surface area contributed by atoms with Gasteiger partial charge in [-0.2, -0.15) is 9.36 Å². The minimum absolute atomic E-state index is 0.442. The molecule has 0 aliphatic carbocycles. The summed E-state index contributed by atoms with van der Waals surface area (Å²) in [5.74, 6) is -1.30. The highest BCUT2D eigenvalue weighted by atomic mass is 32.1. The lowest BCUT2D eigenvalue weighted by molar-refractivity contribution is 0.509. The summed E-state index contributed by atoms with van der Waals surface area (Å²) in [4.78, 5) is 6.53. The molecule has 0 bridgehead atoms. The summed E-state index contributed by atoms with van der Waals surface area (Å²) in [6.07, 6.45) is 0. The number of benzene rings is 1. The summed E-state index contributed by atoms with van der Waals surface area (Å²) in [7, 11) is 0. The lowest BCUT2D eigenvalue weighted by Crippen LogP contribution is -2.43. The van der Waals surface area contributed by atoms with Crippen molar-refractivity contribution in [3.8, 4) is 11.4 Å². The maximum Gasteiger partial charge on any atom is 0.205 e. The van der Waals surface area contributed by atoms with E-state index in [2.05, 4.69) is 19.6 Å². The van der Waals surface area contributed by atoms with Crippen LogP contribution in [-0.4, -0.2) is 35.5 Å². The molecular formula is C12H12F2N4S. The van der Waals surface area contributed by atoms with Gasteiger partial charge in [0.15, 0.2) is 17.5 Å². The monoisotopic (exact) mass is 282 g/mol. The molecule has 3 rings (SSSR count). The number of hydrogen-bond donors (Lipinski definition) is 1. The van der Waals surface area contributed by atoms with E-state index < -0.39 is 11.6 Å². The molecule has 0 unspecified atom stereocenters. The molecule has 1 fully saturated rings. The molecular weight excluding hydrogens is 270 g/mol. The summed E-state index contributed by atoms with van der Waals surface area (Å²) in [5, 5.41) is 4.08. The van der Waals surface area contributed by atoms with E-state index in [-0.39, 0.29) is 0 Å². The van der Waals surface area contributed by atoms with Gasteiger partial charge in [0.25, 0.3) is 0 Å². The fourth-order valence-electron chi connectivity index (χ4n) is 1.95. The molecule has 19 heavy (non-hydrogen) atoms. The van der Waals surface area contributed by atoms with Crippen LogP contribution in [0.25, 0.3) is 11.4 Å². The van der Waals surface area contributed by atoms with Crippen molar-refractivity contribution >= 4 is 16.7 Å². The summed E-state index contributed by atoms with van der Waals surface area (Å²) in [5.41, 5.74) is 0.497. The van der Waals surface area contributed by atoms with E-state index in [9.17, 15) is 8.78 Å². The van der Waals surface area contributed by atoms with Gasteiger partial charge >= 0.3 is 0 Å². The molecule has 4 nitrogen and oxygen atoms in total. The van der Waals surface area contributed by atoms with Gasteiger partial charge in [0, 0.05) is 43.3 Å². The Hall–Kier alpha value is -1.60. The van der Waals surface area contributed by atoms with Gasteiger partial charge in [-0.25, -0.2) is 8.78 Å². The van der Waals surface area contributed by atoms with E-state index in [1.54, 1.807) is 0 Å². The minimum Gasteiger partial charge on any atom is -0.344 e. The molecule has 0 spiro atoms. The molecule has 1 aromatic carbocycles. The van der Waals surface area contributed by atoms with Crippen molar-refractivity contribution in [2.75, 3.05) is 31.1 Å². The molecule has 0 saturated carbocycles. The van der Waals surface area contributed by atoms with Crippen molar-refractivity contribution in [3.05, 3.63) is 29.8 Å². The highest BCUT2D eigenvalue weighted by molar-refractivity contribution is 7.09. The van der Waals surface area contributed by atoms with Crippen LogP contribution >= 0.6 is 11.5 Å². The van der Waals surface area contributed by atoms with Crippen molar-refractivity contribution in [1.82, 2.24) is 14.7 Å². The third kappa shape index (κ3) is 2.57. The van der Waals surface area contributed by atoms with Gasteiger partial charge in [0.05, 0.1) is 0 Å². The van der Waals surface area contributed by atoms with E-state index in [4.69, 9.17) is 0 Å². The highest BCUT2D eigenvalue weighted by Gasteiger charge is 2.16. The molecule has 1 aliphatic heterocycles. The summed E-state index contributed by atoms with van der Waals surface area (Å²) < 4.78 is 30.3. The molecule has 1 N–H and O–H groups in total. The molecule has 0 amide bonds. The number of halogens is 2. The Morgan fingerprint density at radius 3 is 2.68 bits per heavy atom. The fraction of sp³-hybridized carbons (Fsp3) is 0.333. The smallest absolute Gasteiger partial charge is 0.205 e. The Morgan fingerprint density at radius 2 is 1.95 bits per heavy atom. The zero-order chi connectivity index (χ0) is 13.2. The fourth-order valence-corrected chi connectivity index (χ4v) is 2.69. The highest BCUT2D eigenvalue weighted by Crippen LogP contribution is 2.25. The Morgan fingerprint density at radius 1 is 1.16 bits per heavy atom. The number of hydrogen-bond acceptors (Lipinski definition) is 5. The Bertz CT molecular complexity index is 581. The maximum absolute atomic E-state index is 13.2. The van der Waals surface area contributed by atoms with Crippen LogP contribution in [0, 0.1) is 11.6 Å². The molecule has 0 atom stereocenters. The molecule has 2 aromatic rings. The van der Waals surface area contributed by atoms with Crippen LogP contribution < -0.4 is 10.2 Å². The van der Waals surface area contributed by atoms with Crippen LogP contribution in [0.4, 0.5) is 13.9 Å². The lowest BCUT2D eigenvalue weighted by Gasteiger charge is -2.26. The molecule has 0 radical (unpaired) electrons. The van der Waals surface area contributed by atoms with Gasteiger partial charge in [-0.1, -0.05) is 0 Å². The van der Waals surface area contributed by atoms with Crippen LogP contribution in [0.1, 0.15) is 0 Å². The van der Waals surface area contributed by atoms with E-state index >= 15 is 0 Å². The van der Waals surface area contributed by atoms with Gasteiger partial charge < -0.3 is 10.2 Å². The molecule has 1 aromatic heterocycles. The topological polar surface area (TPSA) is 41.1 Å². The average Bonchev–Trinajstić information content (AvgIpc) is 2.93. The average molecular weight is 282 g/mol. The van der Waals surface area contributed by atoms with Gasteiger partial charge in [0.1, 0.15) is 0 Å². The van der Waals surface area contributed by atoms with Crippen molar-refractivity contribution in [1.29, 1.82) is 0 Å². The van der Waals surface area contributed by atoms with Crippen LogP contribution in [0.15, 0.2) is 18.2 Å². The van der Waals surface area contributed by atoms with Crippen molar-refractivity contribution in [2.45, 2.75) is 0 Å². The first-order valence-corrected chi connectivity index (χ1v) is 6.76. The first-order valence-electron chi connectivity index (χ1n) is 5.99. The number of nitrogens with zero attached hydrogens (tertiary/aromatic N) is 3. The zero-order valence-corrected chi connectivity index (χ0v) is 10.9. The summed E-state index contributed by atoms with van der Waals surface area (Å²) in [6.45, 7) is 3.60. The van der Waals surface area contributed by atoms with Crippen LogP contribution in [-0.2, 0) is 0 Å². The first kappa shape index (κ1) is 12.4. The molecule has 7 heteroatoms. The quantitative estimate of drug-likeness (QED) is 0.913. The lowest BCUT2D eigenvalue weighted by atomic mass is 10.2. The van der Waals surface area contributed by atoms with Crippen LogP contribution in [0.5, 0.6) is 0 Å². The Balaban J connectivity index is 1.85. The second-order valence-corrected chi connectivity index (χ2v) is 5.00. The number of piperazine rings is 1. The van der Waals surface area contributed by atoms with E-state index in [1.807, 2.05) is 0 Å². The van der Waals surface area contributed by atoms with Crippen LogP contribution in [0.2, 0.25) is 0 Å². The van der Waals surface area contributed by atoms with Crippen molar-refractivity contribution in [3.63, 3.8) is 0 Å². The largest absolute Gasteiger partial charge is 0.344 e. The summed E-state index contributed by atoms with van der Waals surface area (Å²) in [6, 6.07) is 3.71. The molecule has 2 heterocycles. The number of aromatic nitrogens is 2. The van der Waals surface area contributed by atoms with Crippen molar-refractivity contribution < 1.29 is 8.78 Å². The van der Waals surface area contributed by atoms with E-state index in [0.29, 0.717) is 11.4 Å². The number of anilines is 1. The van der Waals surface area contributed by atoms with E-state index in [1.165, 1.54) is 17.6 Å². The van der Waals surface area contributed by atoms with Gasteiger partial charge in [-0.15, -0.1) is 0 Å². The minimum atomic E-state index is -0.879. The second-order valence-electron chi connectivity index (χ2n) is 4.27. The molecule has 1 saturated heterocycles. The van der Waals surface area contributed by atoms with E-state index in [0.717, 1.165) is 43.4 Å². The zero-order valence-electron chi connectivity index (χ0n) is 10.1. The predicted octanol–water partition coefficient (Wildman–Crippen LogP) is 1.89. The summed E-state index contributed by atoms with van der Waals surface area (Å²) >= 11 is 1.28. The third-order valence-electron chi connectivity index (χ3n) is 2.98. The normalized spacial score (nSPS) is 15.8. The SMILES string of the molecule is Fc1ccc(-c2nsc(N3CCNCC3)n2)cc1F.